The highest BCUT2D eigenvalue weighted by atomic mass is 16.4. The minimum Gasteiger partial charge on any atom is -0.481 e. The van der Waals surface area contributed by atoms with Crippen molar-refractivity contribution >= 4 is 29.5 Å². The second-order valence-corrected chi connectivity index (χ2v) is 6.88. The van der Waals surface area contributed by atoms with Crippen molar-refractivity contribution in [1.29, 1.82) is 0 Å². The van der Waals surface area contributed by atoms with Gasteiger partial charge in [0.1, 0.15) is 5.84 Å². The zero-order valence-electron chi connectivity index (χ0n) is 16.6. The monoisotopic (exact) mass is 381 g/mol. The Balaban J connectivity index is 0.000000640. The minimum atomic E-state index is -0.833. The highest BCUT2D eigenvalue weighted by molar-refractivity contribution is 6.00. The van der Waals surface area contributed by atoms with Crippen LogP contribution in [0.3, 0.4) is 0 Å². The van der Waals surface area contributed by atoms with Crippen LogP contribution in [0.4, 0.5) is 11.4 Å². The van der Waals surface area contributed by atoms with E-state index in [4.69, 9.17) is 20.6 Å². The van der Waals surface area contributed by atoms with Crippen LogP contribution in [0.25, 0.3) is 11.1 Å². The number of nitrogens with two attached hydrogens (primary N) is 1. The molecular formula is C22H27N3O3. The summed E-state index contributed by atoms with van der Waals surface area (Å²) < 4.78 is 0. The number of aliphatic imine (C=N–C) groups is 1. The van der Waals surface area contributed by atoms with Gasteiger partial charge in [-0.3, -0.25) is 9.59 Å². The van der Waals surface area contributed by atoms with Gasteiger partial charge in [-0.15, -0.1) is 0 Å². The maximum atomic E-state index is 11.7. The molecule has 6 heteroatoms. The Labute approximate surface area is 165 Å². The van der Waals surface area contributed by atoms with Gasteiger partial charge < -0.3 is 15.7 Å². The normalized spacial score (nSPS) is 15.0. The van der Waals surface area contributed by atoms with Crippen molar-refractivity contribution in [1.82, 2.24) is 4.90 Å². The van der Waals surface area contributed by atoms with Crippen LogP contribution in [-0.2, 0) is 4.79 Å². The Morgan fingerprint density at radius 1 is 1.25 bits per heavy atom. The van der Waals surface area contributed by atoms with E-state index in [1.54, 1.807) is 6.07 Å². The quantitative estimate of drug-likeness (QED) is 0.611. The fourth-order valence-electron chi connectivity index (χ4n) is 3.18. The third-order valence-electron chi connectivity index (χ3n) is 4.52. The van der Waals surface area contributed by atoms with Crippen molar-refractivity contribution in [3.63, 3.8) is 0 Å². The number of aliphatic carboxylic acids is 1. The van der Waals surface area contributed by atoms with Gasteiger partial charge in [0.05, 0.1) is 5.69 Å². The summed E-state index contributed by atoms with van der Waals surface area (Å²) in [6.07, 6.45) is 4.14. The molecule has 0 radical (unpaired) electrons. The molecule has 1 saturated heterocycles. The molecule has 0 unspecified atom stereocenters. The average molecular weight is 381 g/mol. The summed E-state index contributed by atoms with van der Waals surface area (Å²) in [5.41, 5.74) is 10.8. The smallest absolute Gasteiger partial charge is 0.300 e. The standard InChI is InChI=1S/C20H23N3O.C2H4O2/c1-14-6-5-7-15(12-14)20-16(13-24)17(21)9-10-18(20)22-19-8-3-4-11-23(19)2;1-2(3)4/h5-7,9-10,12-13H,3-4,8,11,21H2,1-2H3;1H3,(H,3,4). The van der Waals surface area contributed by atoms with Gasteiger partial charge in [0, 0.05) is 43.8 Å². The summed E-state index contributed by atoms with van der Waals surface area (Å²) in [7, 11) is 2.07. The molecule has 1 heterocycles. The molecule has 0 aliphatic carbocycles. The van der Waals surface area contributed by atoms with E-state index >= 15 is 0 Å². The number of carboxylic acid groups (broad SMARTS) is 1. The highest BCUT2D eigenvalue weighted by Gasteiger charge is 2.17. The molecule has 2 aromatic carbocycles. The first-order valence-corrected chi connectivity index (χ1v) is 9.26. The van der Waals surface area contributed by atoms with E-state index in [9.17, 15) is 4.79 Å². The average Bonchev–Trinajstić information content (AvgIpc) is 2.64. The van der Waals surface area contributed by atoms with Gasteiger partial charge in [0.25, 0.3) is 5.97 Å². The molecule has 0 atom stereocenters. The fourth-order valence-corrected chi connectivity index (χ4v) is 3.18. The number of carbonyl (C=O) groups is 2. The maximum Gasteiger partial charge on any atom is 0.300 e. The third-order valence-corrected chi connectivity index (χ3v) is 4.52. The first-order valence-electron chi connectivity index (χ1n) is 9.26. The van der Waals surface area contributed by atoms with Crippen LogP contribution in [0.15, 0.2) is 41.4 Å². The molecule has 0 bridgehead atoms. The molecule has 6 nitrogen and oxygen atoms in total. The minimum absolute atomic E-state index is 0.488. The van der Waals surface area contributed by atoms with Crippen LogP contribution < -0.4 is 5.73 Å². The number of nitrogen functional groups attached to an aromatic ring is 1. The first kappa shape index (κ1) is 21.2. The van der Waals surface area contributed by atoms with E-state index in [0.29, 0.717) is 11.3 Å². The van der Waals surface area contributed by atoms with Crippen molar-refractivity contribution in [2.45, 2.75) is 33.1 Å². The number of rotatable bonds is 3. The molecule has 0 saturated carbocycles. The third kappa shape index (κ3) is 5.42. The van der Waals surface area contributed by atoms with Gasteiger partial charge in [0.2, 0.25) is 0 Å². The van der Waals surface area contributed by atoms with Gasteiger partial charge >= 0.3 is 0 Å². The van der Waals surface area contributed by atoms with Crippen LogP contribution in [-0.4, -0.2) is 41.7 Å². The lowest BCUT2D eigenvalue weighted by Gasteiger charge is -2.26. The van der Waals surface area contributed by atoms with Crippen molar-refractivity contribution in [3.8, 4) is 11.1 Å². The second-order valence-electron chi connectivity index (χ2n) is 6.88. The number of benzene rings is 2. The van der Waals surface area contributed by atoms with E-state index in [0.717, 1.165) is 60.8 Å². The molecule has 0 aromatic heterocycles. The largest absolute Gasteiger partial charge is 0.481 e. The maximum absolute atomic E-state index is 11.7. The number of nitrogens with zero attached hydrogens (tertiary/aromatic N) is 2. The molecule has 0 spiro atoms. The van der Waals surface area contributed by atoms with Crippen LogP contribution in [0.5, 0.6) is 0 Å². The summed E-state index contributed by atoms with van der Waals surface area (Å²) in [4.78, 5) is 27.8. The van der Waals surface area contributed by atoms with E-state index in [1.807, 2.05) is 31.2 Å². The van der Waals surface area contributed by atoms with E-state index in [2.05, 4.69) is 18.0 Å². The SMILES string of the molecule is CC(=O)O.Cc1cccc(-c2c(N=C3CCCCN3C)ccc(N)c2C=O)c1. The molecule has 148 valence electrons. The zero-order valence-corrected chi connectivity index (χ0v) is 16.6. The van der Waals surface area contributed by atoms with Crippen LogP contribution >= 0.6 is 0 Å². The molecule has 28 heavy (non-hydrogen) atoms. The Morgan fingerprint density at radius 3 is 2.57 bits per heavy atom. The molecule has 3 rings (SSSR count). The second kappa shape index (κ2) is 9.69. The van der Waals surface area contributed by atoms with Gasteiger partial charge in [-0.1, -0.05) is 29.8 Å². The number of hydrogen-bond acceptors (Lipinski definition) is 4. The van der Waals surface area contributed by atoms with Crippen LogP contribution in [0, 0.1) is 6.92 Å². The lowest BCUT2D eigenvalue weighted by atomic mass is 9.95. The number of likely N-dealkylation sites (tertiary alicyclic amines) is 1. The summed E-state index contributed by atoms with van der Waals surface area (Å²) in [6, 6.07) is 11.8. The highest BCUT2D eigenvalue weighted by Crippen LogP contribution is 2.37. The first-order chi connectivity index (χ1) is 13.3. The number of amidine groups is 1. The van der Waals surface area contributed by atoms with Gasteiger partial charge in [-0.25, -0.2) is 4.99 Å². The summed E-state index contributed by atoms with van der Waals surface area (Å²) in [5, 5.41) is 7.42. The number of carbonyl (C=O) groups excluding carboxylic acids is 1. The van der Waals surface area contributed by atoms with E-state index in [1.165, 1.54) is 6.42 Å². The van der Waals surface area contributed by atoms with E-state index in [-0.39, 0.29) is 0 Å². The molecule has 2 aromatic rings. The Morgan fingerprint density at radius 2 is 1.96 bits per heavy atom. The Kier molecular flexibility index (Phi) is 7.32. The summed E-state index contributed by atoms with van der Waals surface area (Å²) in [5.74, 6) is 0.233. The summed E-state index contributed by atoms with van der Waals surface area (Å²) >= 11 is 0. The topological polar surface area (TPSA) is 96.0 Å². The molecular weight excluding hydrogens is 354 g/mol. The van der Waals surface area contributed by atoms with Crippen molar-refractivity contribution < 1.29 is 14.7 Å². The van der Waals surface area contributed by atoms with Crippen molar-refractivity contribution in [2.24, 2.45) is 4.99 Å². The molecule has 3 N–H and O–H groups in total. The number of carboxylic acids is 1. The lowest BCUT2D eigenvalue weighted by Crippen LogP contribution is -2.31. The molecule has 1 fully saturated rings. The van der Waals surface area contributed by atoms with E-state index < -0.39 is 5.97 Å². The van der Waals surface area contributed by atoms with Gasteiger partial charge in [-0.2, -0.15) is 0 Å². The number of hydrogen-bond donors (Lipinski definition) is 2. The predicted molar refractivity (Wildman–Crippen MR) is 113 cm³/mol. The zero-order chi connectivity index (χ0) is 20.7. The van der Waals surface area contributed by atoms with Crippen molar-refractivity contribution in [2.75, 3.05) is 19.3 Å². The fraction of sp³-hybridized carbons (Fsp3) is 0.318. The summed E-state index contributed by atoms with van der Waals surface area (Å²) in [6.45, 7) is 4.14. The van der Waals surface area contributed by atoms with Gasteiger partial charge in [-0.05, 0) is 37.5 Å². The number of anilines is 1. The van der Waals surface area contributed by atoms with Crippen molar-refractivity contribution in [3.05, 3.63) is 47.5 Å². The van der Waals surface area contributed by atoms with Crippen LogP contribution in [0.1, 0.15) is 42.1 Å². The number of aryl methyl sites for hydroxylation is 1. The lowest BCUT2D eigenvalue weighted by molar-refractivity contribution is -0.134. The van der Waals surface area contributed by atoms with Gasteiger partial charge in [0.15, 0.2) is 6.29 Å². The van der Waals surface area contributed by atoms with Crippen LogP contribution in [0.2, 0.25) is 0 Å². The number of piperidine rings is 1. The Bertz CT molecular complexity index is 887. The number of aldehydes is 1. The molecule has 1 aliphatic rings. The molecule has 1 aliphatic heterocycles. The Hall–Kier alpha value is -3.15. The predicted octanol–water partition coefficient (Wildman–Crippen LogP) is 4.29. The molecule has 0 amide bonds.